The van der Waals surface area contributed by atoms with Crippen LogP contribution in [0.5, 0.6) is 0 Å². The van der Waals surface area contributed by atoms with Crippen LogP contribution >= 0.6 is 0 Å². The molecular formula is C25H24N4O6. The predicted octanol–water partition coefficient (Wildman–Crippen LogP) is 3.80. The third-order valence-corrected chi connectivity index (χ3v) is 6.61. The zero-order chi connectivity index (χ0) is 24.4. The molecule has 2 atom stereocenters. The van der Waals surface area contributed by atoms with Crippen molar-refractivity contribution in [2.24, 2.45) is 5.92 Å². The number of aromatic nitrogens is 2. The highest BCUT2D eigenvalue weighted by atomic mass is 16.6. The Balaban J connectivity index is 1.19. The molecule has 10 heteroatoms. The van der Waals surface area contributed by atoms with Crippen LogP contribution in [0.2, 0.25) is 0 Å². The van der Waals surface area contributed by atoms with Crippen molar-refractivity contribution < 1.29 is 28.9 Å². The van der Waals surface area contributed by atoms with E-state index in [9.17, 15) is 14.4 Å². The first kappa shape index (κ1) is 22.6. The molecule has 0 spiro atoms. The minimum Gasteiger partial charge on any atom is -0.481 e. The summed E-state index contributed by atoms with van der Waals surface area (Å²) in [5.41, 5.74) is 4.24. The molecule has 2 aliphatic carbocycles. The Morgan fingerprint density at radius 1 is 1.00 bits per heavy atom. The number of carboxylic acid groups (broad SMARTS) is 1. The van der Waals surface area contributed by atoms with Crippen LogP contribution in [-0.4, -0.2) is 46.0 Å². The Morgan fingerprint density at radius 3 is 2.37 bits per heavy atom. The van der Waals surface area contributed by atoms with Gasteiger partial charge in [0.1, 0.15) is 6.61 Å². The normalized spacial score (nSPS) is 18.5. The number of ether oxygens (including phenoxy) is 1. The average molecular weight is 476 g/mol. The topological polar surface area (TPSA) is 144 Å². The molecule has 1 fully saturated rings. The molecule has 0 bridgehead atoms. The quantitative estimate of drug-likeness (QED) is 0.467. The second-order valence-corrected chi connectivity index (χ2v) is 8.86. The lowest BCUT2D eigenvalue weighted by molar-refractivity contribution is -0.138. The Bertz CT molecular complexity index is 1230. The lowest BCUT2D eigenvalue weighted by Gasteiger charge is -2.14. The number of fused-ring (bicyclic) bond motifs is 3. The number of aliphatic carboxylic acids is 1. The fourth-order valence-corrected chi connectivity index (χ4v) is 5.04. The maximum atomic E-state index is 12.7. The van der Waals surface area contributed by atoms with E-state index in [4.69, 9.17) is 9.84 Å². The Hall–Kier alpha value is -4.21. The van der Waals surface area contributed by atoms with Crippen molar-refractivity contribution in [3.8, 4) is 11.1 Å². The van der Waals surface area contributed by atoms with Crippen LogP contribution in [-0.2, 0) is 9.53 Å². The van der Waals surface area contributed by atoms with Crippen molar-refractivity contribution >= 4 is 23.8 Å². The van der Waals surface area contributed by atoms with Gasteiger partial charge in [0.25, 0.3) is 5.91 Å². The smallest absolute Gasteiger partial charge is 0.412 e. The fourth-order valence-electron chi connectivity index (χ4n) is 5.04. The third-order valence-electron chi connectivity index (χ3n) is 6.61. The molecular weight excluding hydrogens is 452 g/mol. The van der Waals surface area contributed by atoms with Gasteiger partial charge >= 0.3 is 12.1 Å². The highest BCUT2D eigenvalue weighted by molar-refractivity contribution is 5.99. The van der Waals surface area contributed by atoms with E-state index in [0.29, 0.717) is 12.8 Å². The second kappa shape index (κ2) is 9.57. The molecule has 180 valence electrons. The van der Waals surface area contributed by atoms with E-state index in [1.165, 1.54) is 0 Å². The van der Waals surface area contributed by atoms with Gasteiger partial charge in [0.2, 0.25) is 11.5 Å². The van der Waals surface area contributed by atoms with Gasteiger partial charge in [0.05, 0.1) is 0 Å². The molecule has 0 saturated heterocycles. The number of carbonyl (C=O) groups is 3. The van der Waals surface area contributed by atoms with Crippen LogP contribution in [0.4, 0.5) is 10.6 Å². The molecule has 35 heavy (non-hydrogen) atoms. The van der Waals surface area contributed by atoms with Crippen molar-refractivity contribution in [2.45, 2.75) is 37.6 Å². The SMILES string of the molecule is O=C(O)C[C@@H]1CC[C@H](NC(=O)c2nonc2NC(=O)OCC2c3ccccc3-c3ccccc32)C1. The first-order chi connectivity index (χ1) is 17.0. The monoisotopic (exact) mass is 476 g/mol. The molecule has 10 nitrogen and oxygen atoms in total. The van der Waals surface area contributed by atoms with Gasteiger partial charge in [-0.15, -0.1) is 0 Å². The number of hydrogen-bond acceptors (Lipinski definition) is 7. The minimum atomic E-state index is -0.850. The molecule has 3 N–H and O–H groups in total. The number of nitrogens with one attached hydrogen (secondary N) is 2. The van der Waals surface area contributed by atoms with Gasteiger partial charge in [-0.05, 0) is 57.7 Å². The van der Waals surface area contributed by atoms with Crippen molar-refractivity contribution in [3.05, 3.63) is 65.4 Å². The maximum Gasteiger partial charge on any atom is 0.412 e. The number of benzene rings is 2. The average Bonchev–Trinajstić information content (AvgIpc) is 3.55. The Labute approximate surface area is 200 Å². The molecule has 0 unspecified atom stereocenters. The van der Waals surface area contributed by atoms with Gasteiger partial charge in [-0.1, -0.05) is 48.5 Å². The molecule has 1 saturated carbocycles. The molecule has 0 radical (unpaired) electrons. The molecule has 2 amide bonds. The highest BCUT2D eigenvalue weighted by Crippen LogP contribution is 2.44. The summed E-state index contributed by atoms with van der Waals surface area (Å²) >= 11 is 0. The lowest BCUT2D eigenvalue weighted by Crippen LogP contribution is -2.34. The van der Waals surface area contributed by atoms with E-state index in [1.54, 1.807) is 0 Å². The molecule has 1 aromatic heterocycles. The molecule has 0 aliphatic heterocycles. The fraction of sp³-hybridized carbons (Fsp3) is 0.320. The van der Waals surface area contributed by atoms with Crippen LogP contribution < -0.4 is 10.6 Å². The van der Waals surface area contributed by atoms with Gasteiger partial charge in [-0.25, -0.2) is 9.42 Å². The van der Waals surface area contributed by atoms with Crippen LogP contribution in [0.1, 0.15) is 53.2 Å². The van der Waals surface area contributed by atoms with E-state index in [0.717, 1.165) is 28.7 Å². The zero-order valence-electron chi connectivity index (χ0n) is 18.8. The first-order valence-corrected chi connectivity index (χ1v) is 11.5. The van der Waals surface area contributed by atoms with Gasteiger partial charge in [0.15, 0.2) is 0 Å². The number of anilines is 1. The molecule has 2 aliphatic rings. The summed E-state index contributed by atoms with van der Waals surface area (Å²) in [5.74, 6) is -1.63. The summed E-state index contributed by atoms with van der Waals surface area (Å²) in [5, 5.41) is 21.4. The van der Waals surface area contributed by atoms with Crippen molar-refractivity contribution in [1.29, 1.82) is 0 Å². The number of carbonyl (C=O) groups excluding carboxylic acids is 2. The summed E-state index contributed by atoms with van der Waals surface area (Å²) < 4.78 is 10.2. The van der Waals surface area contributed by atoms with Crippen molar-refractivity contribution in [1.82, 2.24) is 15.6 Å². The molecule has 2 aromatic carbocycles. The minimum absolute atomic E-state index is 0.0201. The van der Waals surface area contributed by atoms with Gasteiger partial charge in [-0.2, -0.15) is 0 Å². The van der Waals surface area contributed by atoms with Crippen LogP contribution in [0.25, 0.3) is 11.1 Å². The maximum absolute atomic E-state index is 12.7. The summed E-state index contributed by atoms with van der Waals surface area (Å²) in [6, 6.07) is 15.8. The van der Waals surface area contributed by atoms with E-state index in [-0.39, 0.29) is 42.4 Å². The lowest BCUT2D eigenvalue weighted by atomic mass is 9.98. The zero-order valence-corrected chi connectivity index (χ0v) is 18.8. The second-order valence-electron chi connectivity index (χ2n) is 8.86. The molecule has 1 heterocycles. The number of carboxylic acids is 1. The number of amides is 2. The van der Waals surface area contributed by atoms with E-state index < -0.39 is 18.0 Å². The van der Waals surface area contributed by atoms with Gasteiger partial charge in [-0.3, -0.25) is 14.9 Å². The number of rotatable bonds is 7. The van der Waals surface area contributed by atoms with Gasteiger partial charge < -0.3 is 15.2 Å². The van der Waals surface area contributed by atoms with E-state index >= 15 is 0 Å². The van der Waals surface area contributed by atoms with Crippen LogP contribution in [0.15, 0.2) is 53.2 Å². The largest absolute Gasteiger partial charge is 0.481 e. The first-order valence-electron chi connectivity index (χ1n) is 11.5. The van der Waals surface area contributed by atoms with Crippen molar-refractivity contribution in [2.75, 3.05) is 11.9 Å². The highest BCUT2D eigenvalue weighted by Gasteiger charge is 2.31. The summed E-state index contributed by atoms with van der Waals surface area (Å²) in [6.45, 7) is 0.111. The van der Waals surface area contributed by atoms with E-state index in [2.05, 4.69) is 37.7 Å². The number of hydrogen-bond donors (Lipinski definition) is 3. The summed E-state index contributed by atoms with van der Waals surface area (Å²) in [7, 11) is 0. The number of nitrogens with zero attached hydrogens (tertiary/aromatic N) is 2. The Morgan fingerprint density at radius 2 is 1.69 bits per heavy atom. The summed E-state index contributed by atoms with van der Waals surface area (Å²) in [4.78, 5) is 36.1. The van der Waals surface area contributed by atoms with Crippen LogP contribution in [0, 0.1) is 5.92 Å². The molecule has 5 rings (SSSR count). The van der Waals surface area contributed by atoms with E-state index in [1.807, 2.05) is 36.4 Å². The summed E-state index contributed by atoms with van der Waals surface area (Å²) in [6.07, 6.45) is 1.26. The standard InChI is InChI=1S/C25H24N4O6/c30-21(31)12-14-9-10-15(11-14)26-24(32)22-23(29-35-28-22)27-25(33)34-13-20-18-7-3-1-5-16(18)17-6-2-4-8-19(17)20/h1-8,14-15,20H,9-13H2,(H,26,32)(H,30,31)(H,27,29,33)/t14-,15+/m1/s1. The predicted molar refractivity (Wildman–Crippen MR) is 124 cm³/mol. The molecule has 3 aromatic rings. The van der Waals surface area contributed by atoms with Gasteiger partial charge in [0, 0.05) is 18.4 Å². The Kier molecular flexibility index (Phi) is 6.17. The van der Waals surface area contributed by atoms with Crippen LogP contribution in [0.3, 0.4) is 0 Å². The third kappa shape index (κ3) is 4.72. The van der Waals surface area contributed by atoms with Crippen molar-refractivity contribution in [3.63, 3.8) is 0 Å².